The van der Waals surface area contributed by atoms with Crippen LogP contribution in [0.15, 0.2) is 85.1 Å². The van der Waals surface area contributed by atoms with Gasteiger partial charge in [0.15, 0.2) is 0 Å². The summed E-state index contributed by atoms with van der Waals surface area (Å²) in [4.78, 5) is 20.8. The predicted octanol–water partition coefficient (Wildman–Crippen LogP) is 6.31. The second-order valence-electron chi connectivity index (χ2n) is 9.63. The molecule has 0 aliphatic heterocycles. The van der Waals surface area contributed by atoms with Crippen LogP contribution in [-0.2, 0) is 6.54 Å². The van der Waals surface area contributed by atoms with Gasteiger partial charge in [0.05, 0.1) is 23.4 Å². The molecule has 0 saturated carbocycles. The zero-order valence-corrected chi connectivity index (χ0v) is 22.5. The van der Waals surface area contributed by atoms with Crippen LogP contribution in [0.2, 0.25) is 5.02 Å². The average Bonchev–Trinajstić information content (AvgIpc) is 3.33. The lowest BCUT2D eigenvalue weighted by molar-refractivity contribution is 0.0604. The number of carbonyl (C=O) groups excluding carboxylic acids is 1. The Morgan fingerprint density at radius 2 is 1.84 bits per heavy atom. The molecule has 0 aliphatic rings. The number of rotatable bonds is 10. The fourth-order valence-electron chi connectivity index (χ4n) is 4.69. The predicted molar refractivity (Wildman–Crippen MR) is 152 cm³/mol. The molecule has 0 aliphatic carbocycles. The van der Waals surface area contributed by atoms with Crippen molar-refractivity contribution >= 4 is 17.5 Å². The number of hydrogen-bond acceptors (Lipinski definition) is 4. The summed E-state index contributed by atoms with van der Waals surface area (Å²) >= 11 is 6.30. The molecule has 1 amide bonds. The van der Waals surface area contributed by atoms with E-state index >= 15 is 0 Å². The fraction of sp³-hybridized carbons (Fsp3) is 0.258. The number of imidazole rings is 1. The number of halogens is 1. The van der Waals surface area contributed by atoms with E-state index in [9.17, 15) is 10.1 Å². The van der Waals surface area contributed by atoms with Gasteiger partial charge in [-0.1, -0.05) is 67.9 Å². The van der Waals surface area contributed by atoms with Gasteiger partial charge in [0.1, 0.15) is 5.82 Å². The van der Waals surface area contributed by atoms with Crippen LogP contribution in [0, 0.1) is 17.2 Å². The van der Waals surface area contributed by atoms with Gasteiger partial charge in [0.2, 0.25) is 0 Å². The topological polar surface area (TPSA) is 87.9 Å². The Hall–Kier alpha value is -3.92. The highest BCUT2D eigenvalue weighted by molar-refractivity contribution is 6.30. The van der Waals surface area contributed by atoms with Gasteiger partial charge in [-0.3, -0.25) is 4.79 Å². The number of carbonyl (C=O) groups is 1. The smallest absolute Gasteiger partial charge is 0.254 e. The quantitative estimate of drug-likeness (QED) is 0.263. The van der Waals surface area contributed by atoms with Gasteiger partial charge in [0, 0.05) is 35.4 Å². The summed E-state index contributed by atoms with van der Waals surface area (Å²) in [6.07, 6.45) is 2.68. The van der Waals surface area contributed by atoms with Gasteiger partial charge in [-0.2, -0.15) is 5.26 Å². The molecule has 4 aromatic rings. The van der Waals surface area contributed by atoms with Crippen molar-refractivity contribution in [3.63, 3.8) is 0 Å². The summed E-state index contributed by atoms with van der Waals surface area (Å²) in [5.74, 6) is 0.793. The highest BCUT2D eigenvalue weighted by Crippen LogP contribution is 2.33. The first-order valence-corrected chi connectivity index (χ1v) is 13.2. The lowest BCUT2D eigenvalue weighted by atomic mass is 9.99. The molecule has 6 nitrogen and oxygen atoms in total. The standard InChI is InChI=1S/C31H32ClN5O/c1-22(2)29(37(16-8-15-33)31(38)25-11-4-3-5-12-25)30-35-28(26-13-7-14-27(32)18-26)21-36(30)20-24-10-6-9-23(17-24)19-34/h3-7,9-14,17-18,21-22,29H,8,15-16,20,33H2,1-2H3. The maximum Gasteiger partial charge on any atom is 0.254 e. The Morgan fingerprint density at radius 1 is 1.08 bits per heavy atom. The summed E-state index contributed by atoms with van der Waals surface area (Å²) < 4.78 is 2.09. The van der Waals surface area contributed by atoms with Gasteiger partial charge in [-0.25, -0.2) is 4.98 Å². The van der Waals surface area contributed by atoms with E-state index < -0.39 is 0 Å². The third kappa shape index (κ3) is 6.31. The van der Waals surface area contributed by atoms with E-state index in [-0.39, 0.29) is 17.9 Å². The van der Waals surface area contributed by atoms with E-state index in [1.807, 2.05) is 83.9 Å². The van der Waals surface area contributed by atoms with Crippen molar-refractivity contribution in [2.24, 2.45) is 11.7 Å². The Balaban J connectivity index is 1.84. The average molecular weight is 526 g/mol. The van der Waals surface area contributed by atoms with Gasteiger partial charge >= 0.3 is 0 Å². The first-order chi connectivity index (χ1) is 18.4. The van der Waals surface area contributed by atoms with Crippen LogP contribution in [0.25, 0.3) is 11.3 Å². The Labute approximate surface area is 229 Å². The first kappa shape index (κ1) is 27.1. The van der Waals surface area contributed by atoms with Crippen molar-refractivity contribution in [2.45, 2.75) is 32.9 Å². The molecule has 0 bridgehead atoms. The van der Waals surface area contributed by atoms with E-state index in [1.54, 1.807) is 6.07 Å². The lowest BCUT2D eigenvalue weighted by Crippen LogP contribution is -2.40. The molecule has 1 unspecified atom stereocenters. The summed E-state index contributed by atoms with van der Waals surface area (Å²) in [6, 6.07) is 26.4. The molecule has 194 valence electrons. The van der Waals surface area contributed by atoms with Crippen molar-refractivity contribution in [3.8, 4) is 17.3 Å². The molecule has 1 atom stereocenters. The second kappa shape index (κ2) is 12.6. The maximum atomic E-state index is 13.8. The van der Waals surface area contributed by atoms with Crippen LogP contribution in [0.5, 0.6) is 0 Å². The molecule has 3 aromatic carbocycles. The van der Waals surface area contributed by atoms with E-state index in [1.165, 1.54) is 0 Å². The Kier molecular flexibility index (Phi) is 8.96. The molecule has 2 N–H and O–H groups in total. The molecule has 0 radical (unpaired) electrons. The first-order valence-electron chi connectivity index (χ1n) is 12.8. The van der Waals surface area contributed by atoms with Crippen LogP contribution in [0.1, 0.15) is 53.6 Å². The molecule has 0 saturated heterocycles. The summed E-state index contributed by atoms with van der Waals surface area (Å²) in [5, 5.41) is 10.0. The number of nitrogens with zero attached hydrogens (tertiary/aromatic N) is 4. The normalized spacial score (nSPS) is 11.8. The molecule has 4 rings (SSSR count). The zero-order valence-electron chi connectivity index (χ0n) is 21.7. The van der Waals surface area contributed by atoms with Crippen molar-refractivity contribution in [1.29, 1.82) is 5.26 Å². The molecular weight excluding hydrogens is 494 g/mol. The number of amides is 1. The van der Waals surface area contributed by atoms with E-state index in [2.05, 4.69) is 24.5 Å². The van der Waals surface area contributed by atoms with Crippen LogP contribution in [0.3, 0.4) is 0 Å². The van der Waals surface area contributed by atoms with Gasteiger partial charge in [-0.15, -0.1) is 0 Å². The molecule has 1 aromatic heterocycles. The van der Waals surface area contributed by atoms with Gasteiger partial charge in [0.25, 0.3) is 5.91 Å². The Bertz CT molecular complexity index is 1420. The number of aromatic nitrogens is 2. The van der Waals surface area contributed by atoms with E-state index in [4.69, 9.17) is 22.3 Å². The van der Waals surface area contributed by atoms with Crippen molar-refractivity contribution < 1.29 is 4.79 Å². The third-order valence-corrected chi connectivity index (χ3v) is 6.69. The van der Waals surface area contributed by atoms with Crippen LogP contribution in [0.4, 0.5) is 0 Å². The molecule has 38 heavy (non-hydrogen) atoms. The van der Waals surface area contributed by atoms with Gasteiger partial charge in [-0.05, 0) is 60.8 Å². The van der Waals surface area contributed by atoms with E-state index in [0.717, 1.165) is 22.6 Å². The third-order valence-electron chi connectivity index (χ3n) is 6.45. The number of benzene rings is 3. The summed E-state index contributed by atoms with van der Waals surface area (Å²) in [6.45, 7) is 5.70. The minimum Gasteiger partial charge on any atom is -0.330 e. The molecule has 0 fully saturated rings. The summed E-state index contributed by atoms with van der Waals surface area (Å²) in [7, 11) is 0. The zero-order chi connectivity index (χ0) is 27.1. The maximum absolute atomic E-state index is 13.8. The number of hydrogen-bond donors (Lipinski definition) is 1. The highest BCUT2D eigenvalue weighted by Gasteiger charge is 2.32. The SMILES string of the molecule is CC(C)C(c1nc(-c2cccc(Cl)c2)cn1Cc1cccc(C#N)c1)N(CCCN)C(=O)c1ccccc1. The largest absolute Gasteiger partial charge is 0.330 e. The number of nitrogens with two attached hydrogens (primary N) is 1. The van der Waals surface area contributed by atoms with Crippen LogP contribution < -0.4 is 5.73 Å². The highest BCUT2D eigenvalue weighted by atomic mass is 35.5. The summed E-state index contributed by atoms with van der Waals surface area (Å²) in [5.41, 5.74) is 9.76. The van der Waals surface area contributed by atoms with Crippen molar-refractivity contribution in [1.82, 2.24) is 14.5 Å². The minimum atomic E-state index is -0.304. The minimum absolute atomic E-state index is 0.0527. The molecular formula is C31H32ClN5O. The lowest BCUT2D eigenvalue weighted by Gasteiger charge is -2.34. The number of nitriles is 1. The van der Waals surface area contributed by atoms with E-state index in [0.29, 0.717) is 42.2 Å². The van der Waals surface area contributed by atoms with Crippen LogP contribution in [-0.4, -0.2) is 33.4 Å². The van der Waals surface area contributed by atoms with Crippen molar-refractivity contribution in [2.75, 3.05) is 13.1 Å². The fourth-order valence-corrected chi connectivity index (χ4v) is 4.88. The molecule has 7 heteroatoms. The monoisotopic (exact) mass is 525 g/mol. The molecule has 0 spiro atoms. The van der Waals surface area contributed by atoms with Crippen LogP contribution >= 0.6 is 11.6 Å². The van der Waals surface area contributed by atoms with Crippen molar-refractivity contribution in [3.05, 3.63) is 113 Å². The second-order valence-corrected chi connectivity index (χ2v) is 10.1. The Morgan fingerprint density at radius 3 is 2.53 bits per heavy atom. The van der Waals surface area contributed by atoms with Gasteiger partial charge < -0.3 is 15.2 Å². The molecule has 1 heterocycles.